The average Bonchev–Trinajstić information content (AvgIpc) is 3.12. The molecule has 1 N–H and O–H groups in total. The normalized spacial score (nSPS) is 19.4. The van der Waals surface area contributed by atoms with Gasteiger partial charge in [-0.15, -0.1) is 0 Å². The van der Waals surface area contributed by atoms with E-state index in [1.54, 1.807) is 0 Å². The molecule has 0 spiro atoms. The van der Waals surface area contributed by atoms with E-state index >= 15 is 0 Å². The SMILES string of the molecule is CCCNC(C#N)CCN(C)C(C)C1CC1. The molecule has 1 fully saturated rings. The molecule has 92 valence electrons. The van der Waals surface area contributed by atoms with Crippen LogP contribution in [-0.4, -0.2) is 37.1 Å². The van der Waals surface area contributed by atoms with Crippen molar-refractivity contribution in [2.24, 2.45) is 5.92 Å². The van der Waals surface area contributed by atoms with Gasteiger partial charge >= 0.3 is 0 Å². The maximum absolute atomic E-state index is 8.99. The molecule has 0 saturated heterocycles. The molecule has 0 aromatic heterocycles. The Morgan fingerprint density at radius 3 is 2.69 bits per heavy atom. The van der Waals surface area contributed by atoms with Gasteiger partial charge in [0.15, 0.2) is 0 Å². The second kappa shape index (κ2) is 6.88. The van der Waals surface area contributed by atoms with Gasteiger partial charge in [-0.1, -0.05) is 6.92 Å². The predicted octanol–water partition coefficient (Wildman–Crippen LogP) is 2.00. The lowest BCUT2D eigenvalue weighted by molar-refractivity contribution is 0.227. The molecule has 3 nitrogen and oxygen atoms in total. The van der Waals surface area contributed by atoms with E-state index in [4.69, 9.17) is 5.26 Å². The van der Waals surface area contributed by atoms with Crippen LogP contribution >= 0.6 is 0 Å². The van der Waals surface area contributed by atoms with Crippen molar-refractivity contribution in [2.75, 3.05) is 20.1 Å². The van der Waals surface area contributed by atoms with E-state index in [9.17, 15) is 0 Å². The molecule has 2 atom stereocenters. The van der Waals surface area contributed by atoms with Crippen LogP contribution < -0.4 is 5.32 Å². The van der Waals surface area contributed by atoms with Gasteiger partial charge in [0.2, 0.25) is 0 Å². The van der Waals surface area contributed by atoms with Crippen LogP contribution in [0.1, 0.15) is 39.5 Å². The number of hydrogen-bond donors (Lipinski definition) is 1. The Morgan fingerprint density at radius 1 is 1.50 bits per heavy atom. The van der Waals surface area contributed by atoms with Crippen LogP contribution in [0.5, 0.6) is 0 Å². The fourth-order valence-electron chi connectivity index (χ4n) is 2.01. The number of nitrogens with zero attached hydrogens (tertiary/aromatic N) is 2. The number of nitrogens with one attached hydrogen (secondary N) is 1. The molecule has 0 aromatic carbocycles. The summed E-state index contributed by atoms with van der Waals surface area (Å²) in [5, 5.41) is 12.3. The van der Waals surface area contributed by atoms with Crippen molar-refractivity contribution < 1.29 is 0 Å². The highest BCUT2D eigenvalue weighted by atomic mass is 15.1. The Morgan fingerprint density at radius 2 is 2.19 bits per heavy atom. The first-order valence-corrected chi connectivity index (χ1v) is 6.52. The molecule has 16 heavy (non-hydrogen) atoms. The zero-order valence-corrected chi connectivity index (χ0v) is 10.9. The minimum Gasteiger partial charge on any atom is -0.303 e. The molecule has 1 saturated carbocycles. The molecule has 3 heteroatoms. The lowest BCUT2D eigenvalue weighted by Gasteiger charge is -2.25. The zero-order valence-electron chi connectivity index (χ0n) is 10.9. The standard InChI is InChI=1S/C13H25N3/c1-4-8-15-13(10-14)7-9-16(3)11(2)12-5-6-12/h11-13,15H,4-9H2,1-3H3. The maximum atomic E-state index is 8.99. The first-order valence-electron chi connectivity index (χ1n) is 6.52. The van der Waals surface area contributed by atoms with Crippen molar-refractivity contribution >= 4 is 0 Å². The summed E-state index contributed by atoms with van der Waals surface area (Å²) in [6.45, 7) is 6.40. The van der Waals surface area contributed by atoms with Crippen LogP contribution in [0.3, 0.4) is 0 Å². The lowest BCUT2D eigenvalue weighted by Crippen LogP contribution is -2.36. The molecule has 0 aromatic rings. The first-order chi connectivity index (χ1) is 7.69. The summed E-state index contributed by atoms with van der Waals surface area (Å²) in [5.74, 6) is 0.911. The van der Waals surface area contributed by atoms with E-state index in [1.807, 2.05) is 0 Å². The molecule has 1 aliphatic rings. The van der Waals surface area contributed by atoms with Gasteiger partial charge < -0.3 is 10.2 Å². The monoisotopic (exact) mass is 223 g/mol. The van der Waals surface area contributed by atoms with Crippen LogP contribution in [0.15, 0.2) is 0 Å². The Hall–Kier alpha value is -0.590. The van der Waals surface area contributed by atoms with Crippen molar-refractivity contribution in [3.05, 3.63) is 0 Å². The van der Waals surface area contributed by atoms with Crippen LogP contribution in [0.4, 0.5) is 0 Å². The summed E-state index contributed by atoms with van der Waals surface area (Å²) in [4.78, 5) is 2.40. The van der Waals surface area contributed by atoms with E-state index in [1.165, 1.54) is 12.8 Å². The largest absolute Gasteiger partial charge is 0.303 e. The molecule has 2 unspecified atom stereocenters. The molecule has 0 amide bonds. The molecule has 0 radical (unpaired) electrons. The molecule has 0 aliphatic heterocycles. The van der Waals surface area contributed by atoms with Crippen LogP contribution in [0, 0.1) is 17.2 Å². The Labute approximate surface area is 99.8 Å². The average molecular weight is 223 g/mol. The smallest absolute Gasteiger partial charge is 0.0965 e. The van der Waals surface area contributed by atoms with E-state index in [0.717, 1.165) is 31.8 Å². The van der Waals surface area contributed by atoms with E-state index in [2.05, 4.69) is 37.2 Å². The topological polar surface area (TPSA) is 39.1 Å². The first kappa shape index (κ1) is 13.5. The van der Waals surface area contributed by atoms with Crippen molar-refractivity contribution in [3.63, 3.8) is 0 Å². The quantitative estimate of drug-likeness (QED) is 0.684. The second-order valence-corrected chi connectivity index (χ2v) is 4.98. The molecule has 1 rings (SSSR count). The molecular weight excluding hydrogens is 198 g/mol. The number of rotatable bonds is 8. The van der Waals surface area contributed by atoms with E-state index in [0.29, 0.717) is 6.04 Å². The minimum atomic E-state index is 0.0220. The summed E-state index contributed by atoms with van der Waals surface area (Å²) < 4.78 is 0. The van der Waals surface area contributed by atoms with Crippen molar-refractivity contribution in [3.8, 4) is 6.07 Å². The fourth-order valence-corrected chi connectivity index (χ4v) is 2.01. The van der Waals surface area contributed by atoms with Crippen LogP contribution in [0.25, 0.3) is 0 Å². The third-order valence-corrected chi connectivity index (χ3v) is 3.57. The third kappa shape index (κ3) is 4.51. The summed E-state index contributed by atoms with van der Waals surface area (Å²) in [7, 11) is 2.18. The maximum Gasteiger partial charge on any atom is 0.0965 e. The van der Waals surface area contributed by atoms with Crippen molar-refractivity contribution in [1.82, 2.24) is 10.2 Å². The highest BCUT2D eigenvalue weighted by Crippen LogP contribution is 2.34. The van der Waals surface area contributed by atoms with Crippen molar-refractivity contribution in [2.45, 2.75) is 51.6 Å². The minimum absolute atomic E-state index is 0.0220. The molecule has 1 aliphatic carbocycles. The van der Waals surface area contributed by atoms with Crippen LogP contribution in [0.2, 0.25) is 0 Å². The van der Waals surface area contributed by atoms with Crippen LogP contribution in [-0.2, 0) is 0 Å². The Balaban J connectivity index is 2.17. The van der Waals surface area contributed by atoms with Gasteiger partial charge in [-0.05, 0) is 52.1 Å². The van der Waals surface area contributed by atoms with E-state index in [-0.39, 0.29) is 6.04 Å². The Kier molecular flexibility index (Phi) is 5.79. The summed E-state index contributed by atoms with van der Waals surface area (Å²) in [6, 6.07) is 3.05. The number of hydrogen-bond acceptors (Lipinski definition) is 3. The van der Waals surface area contributed by atoms with Gasteiger partial charge in [0, 0.05) is 12.6 Å². The fraction of sp³-hybridized carbons (Fsp3) is 0.923. The van der Waals surface area contributed by atoms with E-state index < -0.39 is 0 Å². The third-order valence-electron chi connectivity index (χ3n) is 3.57. The highest BCUT2D eigenvalue weighted by molar-refractivity contribution is 4.91. The molecule has 0 bridgehead atoms. The summed E-state index contributed by atoms with van der Waals surface area (Å²) >= 11 is 0. The van der Waals surface area contributed by atoms with Gasteiger partial charge in [0.1, 0.15) is 0 Å². The van der Waals surface area contributed by atoms with Gasteiger partial charge in [-0.3, -0.25) is 0 Å². The zero-order chi connectivity index (χ0) is 12.0. The highest BCUT2D eigenvalue weighted by Gasteiger charge is 2.30. The lowest BCUT2D eigenvalue weighted by atomic mass is 10.1. The Bertz CT molecular complexity index is 230. The van der Waals surface area contributed by atoms with Gasteiger partial charge in [0.05, 0.1) is 12.1 Å². The van der Waals surface area contributed by atoms with Gasteiger partial charge in [-0.2, -0.15) is 5.26 Å². The summed E-state index contributed by atoms with van der Waals surface area (Å²) in [6.07, 6.45) is 4.80. The van der Waals surface area contributed by atoms with Gasteiger partial charge in [-0.25, -0.2) is 0 Å². The predicted molar refractivity (Wildman–Crippen MR) is 67.1 cm³/mol. The van der Waals surface area contributed by atoms with Gasteiger partial charge in [0.25, 0.3) is 0 Å². The summed E-state index contributed by atoms with van der Waals surface area (Å²) in [5.41, 5.74) is 0. The second-order valence-electron chi connectivity index (χ2n) is 4.98. The van der Waals surface area contributed by atoms with Crippen molar-refractivity contribution in [1.29, 1.82) is 5.26 Å². The molecular formula is C13H25N3. The number of nitriles is 1. The molecule has 0 heterocycles.